The van der Waals surface area contributed by atoms with Crippen LogP contribution in [-0.2, 0) is 6.18 Å². The maximum atomic E-state index is 12.6. The van der Waals surface area contributed by atoms with Crippen molar-refractivity contribution >= 4 is 0 Å². The molecule has 118 valence electrons. The minimum atomic E-state index is -4.30. The minimum Gasteiger partial charge on any atom is -0.342 e. The van der Waals surface area contributed by atoms with Gasteiger partial charge in [0.2, 0.25) is 0 Å². The van der Waals surface area contributed by atoms with Crippen LogP contribution in [0.5, 0.6) is 0 Å². The van der Waals surface area contributed by atoms with E-state index in [0.717, 1.165) is 43.0 Å². The molecule has 0 spiro atoms. The Morgan fingerprint density at radius 1 is 1.18 bits per heavy atom. The monoisotopic (exact) mass is 309 g/mol. The summed E-state index contributed by atoms with van der Waals surface area (Å²) in [6.45, 7) is 3.11. The Kier molecular flexibility index (Phi) is 3.95. The molecule has 3 rings (SSSR count). The number of aromatic amines is 1. The van der Waals surface area contributed by atoms with Crippen molar-refractivity contribution in [2.75, 3.05) is 6.54 Å². The first kappa shape index (κ1) is 15.1. The lowest BCUT2D eigenvalue weighted by atomic mass is 9.93. The van der Waals surface area contributed by atoms with Crippen LogP contribution in [0.25, 0.3) is 11.3 Å². The molecule has 1 aliphatic heterocycles. The highest BCUT2D eigenvalue weighted by Crippen LogP contribution is 2.31. The molecular formula is C16H18F3N3. The van der Waals surface area contributed by atoms with Crippen LogP contribution >= 0.6 is 0 Å². The summed E-state index contributed by atoms with van der Waals surface area (Å²) in [5.74, 6) is 1.29. The van der Waals surface area contributed by atoms with Gasteiger partial charge in [-0.05, 0) is 44.0 Å². The number of rotatable bonds is 2. The zero-order valence-corrected chi connectivity index (χ0v) is 12.2. The lowest BCUT2D eigenvalue weighted by Crippen LogP contribution is -2.35. The van der Waals surface area contributed by atoms with Gasteiger partial charge < -0.3 is 10.3 Å². The Bertz CT molecular complexity index is 631. The topological polar surface area (TPSA) is 40.7 Å². The Morgan fingerprint density at radius 2 is 1.91 bits per heavy atom. The molecular weight excluding hydrogens is 291 g/mol. The molecule has 2 aromatic rings. The molecule has 1 aromatic carbocycles. The first-order valence-electron chi connectivity index (χ1n) is 7.39. The predicted octanol–water partition coefficient (Wildman–Crippen LogP) is 3.95. The number of hydrogen-bond acceptors (Lipinski definition) is 2. The van der Waals surface area contributed by atoms with Crippen molar-refractivity contribution in [3.05, 3.63) is 41.9 Å². The molecule has 1 aromatic heterocycles. The SMILES string of the molecule is C[C@@H]1CC(c2ncc(-c3ccc(C(F)(F)F)cc3)[nH]2)CCN1. The first-order valence-corrected chi connectivity index (χ1v) is 7.39. The molecule has 0 radical (unpaired) electrons. The molecule has 1 saturated heterocycles. The second-order valence-electron chi connectivity index (χ2n) is 5.83. The van der Waals surface area contributed by atoms with E-state index in [2.05, 4.69) is 22.2 Å². The second kappa shape index (κ2) is 5.76. The van der Waals surface area contributed by atoms with Crippen LogP contribution in [0, 0.1) is 0 Å². The maximum absolute atomic E-state index is 12.6. The minimum absolute atomic E-state index is 0.374. The Hall–Kier alpha value is -1.82. The number of benzene rings is 1. The summed E-state index contributed by atoms with van der Waals surface area (Å²) in [5.41, 5.74) is 0.840. The smallest absolute Gasteiger partial charge is 0.342 e. The van der Waals surface area contributed by atoms with Crippen molar-refractivity contribution in [3.8, 4) is 11.3 Å². The molecule has 0 saturated carbocycles. The summed E-state index contributed by atoms with van der Waals surface area (Å²) in [6, 6.07) is 5.61. The number of piperidine rings is 1. The fourth-order valence-corrected chi connectivity index (χ4v) is 2.91. The number of imidazole rings is 1. The Labute approximate surface area is 127 Å². The molecule has 6 heteroatoms. The summed E-state index contributed by atoms with van der Waals surface area (Å²) in [6.07, 6.45) is -0.572. The summed E-state index contributed by atoms with van der Waals surface area (Å²) >= 11 is 0. The van der Waals surface area contributed by atoms with Crippen LogP contribution in [0.15, 0.2) is 30.5 Å². The van der Waals surface area contributed by atoms with Crippen LogP contribution < -0.4 is 5.32 Å². The third-order valence-corrected chi connectivity index (χ3v) is 4.13. The number of nitrogens with one attached hydrogen (secondary N) is 2. The fraction of sp³-hybridized carbons (Fsp3) is 0.438. The molecule has 2 heterocycles. The van der Waals surface area contributed by atoms with Gasteiger partial charge in [-0.15, -0.1) is 0 Å². The van der Waals surface area contributed by atoms with Gasteiger partial charge in [0.25, 0.3) is 0 Å². The van der Waals surface area contributed by atoms with E-state index in [1.165, 1.54) is 12.1 Å². The normalized spacial score (nSPS) is 22.7. The van der Waals surface area contributed by atoms with Gasteiger partial charge in [-0.2, -0.15) is 13.2 Å². The highest BCUT2D eigenvalue weighted by molar-refractivity contribution is 5.59. The number of H-pyrrole nitrogens is 1. The van der Waals surface area contributed by atoms with E-state index in [0.29, 0.717) is 17.5 Å². The average Bonchev–Trinajstić information content (AvgIpc) is 2.96. The zero-order valence-electron chi connectivity index (χ0n) is 12.2. The molecule has 1 fully saturated rings. The molecule has 2 N–H and O–H groups in total. The third kappa shape index (κ3) is 3.16. The molecule has 2 atom stereocenters. The standard InChI is InChI=1S/C16H18F3N3/c1-10-8-12(6-7-20-10)15-21-9-14(22-15)11-2-4-13(5-3-11)16(17,18)19/h2-5,9-10,12,20H,6-8H2,1H3,(H,21,22)/t10-,12?/m1/s1. The lowest BCUT2D eigenvalue weighted by molar-refractivity contribution is -0.137. The highest BCUT2D eigenvalue weighted by Gasteiger charge is 2.30. The van der Waals surface area contributed by atoms with E-state index in [-0.39, 0.29) is 0 Å². The van der Waals surface area contributed by atoms with Gasteiger partial charge in [-0.1, -0.05) is 12.1 Å². The average molecular weight is 309 g/mol. The molecule has 0 bridgehead atoms. The summed E-state index contributed by atoms with van der Waals surface area (Å²) in [4.78, 5) is 7.67. The molecule has 1 unspecified atom stereocenters. The number of nitrogens with zero attached hydrogens (tertiary/aromatic N) is 1. The highest BCUT2D eigenvalue weighted by atomic mass is 19.4. The van der Waals surface area contributed by atoms with Crippen LogP contribution in [0.1, 0.15) is 37.1 Å². The van der Waals surface area contributed by atoms with Crippen LogP contribution in [0.2, 0.25) is 0 Å². The van der Waals surface area contributed by atoms with Gasteiger partial charge in [0.15, 0.2) is 0 Å². The maximum Gasteiger partial charge on any atom is 0.416 e. The zero-order chi connectivity index (χ0) is 15.7. The van der Waals surface area contributed by atoms with E-state index in [1.807, 2.05) is 0 Å². The van der Waals surface area contributed by atoms with Gasteiger partial charge in [-0.25, -0.2) is 4.98 Å². The lowest BCUT2D eigenvalue weighted by Gasteiger charge is -2.26. The van der Waals surface area contributed by atoms with Crippen molar-refractivity contribution in [1.82, 2.24) is 15.3 Å². The fourth-order valence-electron chi connectivity index (χ4n) is 2.91. The van der Waals surface area contributed by atoms with Gasteiger partial charge in [0.05, 0.1) is 17.5 Å². The number of aromatic nitrogens is 2. The van der Waals surface area contributed by atoms with Gasteiger partial charge in [0.1, 0.15) is 5.82 Å². The van der Waals surface area contributed by atoms with Gasteiger partial charge in [0, 0.05) is 12.0 Å². The first-order chi connectivity index (χ1) is 10.4. The van der Waals surface area contributed by atoms with Crippen LogP contribution in [0.3, 0.4) is 0 Å². The van der Waals surface area contributed by atoms with Crippen molar-refractivity contribution in [2.45, 2.75) is 37.9 Å². The molecule has 1 aliphatic rings. The number of halogens is 3. The third-order valence-electron chi connectivity index (χ3n) is 4.13. The van der Waals surface area contributed by atoms with E-state index in [9.17, 15) is 13.2 Å². The van der Waals surface area contributed by atoms with Crippen LogP contribution in [0.4, 0.5) is 13.2 Å². The number of alkyl halides is 3. The summed E-state index contributed by atoms with van der Waals surface area (Å²) < 4.78 is 37.7. The van der Waals surface area contributed by atoms with E-state index >= 15 is 0 Å². The largest absolute Gasteiger partial charge is 0.416 e. The van der Waals surface area contributed by atoms with Crippen molar-refractivity contribution < 1.29 is 13.2 Å². The quantitative estimate of drug-likeness (QED) is 0.882. The van der Waals surface area contributed by atoms with Gasteiger partial charge >= 0.3 is 6.18 Å². The Balaban J connectivity index is 1.78. The predicted molar refractivity (Wildman–Crippen MR) is 78.5 cm³/mol. The summed E-state index contributed by atoms with van der Waals surface area (Å²) in [7, 11) is 0. The number of hydrogen-bond donors (Lipinski definition) is 2. The molecule has 3 nitrogen and oxygen atoms in total. The summed E-state index contributed by atoms with van der Waals surface area (Å²) in [5, 5.41) is 3.39. The Morgan fingerprint density at radius 3 is 2.55 bits per heavy atom. The second-order valence-corrected chi connectivity index (χ2v) is 5.83. The molecule has 0 amide bonds. The van der Waals surface area contributed by atoms with E-state index in [4.69, 9.17) is 0 Å². The molecule has 22 heavy (non-hydrogen) atoms. The van der Waals surface area contributed by atoms with E-state index in [1.54, 1.807) is 6.20 Å². The van der Waals surface area contributed by atoms with E-state index < -0.39 is 11.7 Å². The van der Waals surface area contributed by atoms with Gasteiger partial charge in [-0.3, -0.25) is 0 Å². The van der Waals surface area contributed by atoms with Crippen LogP contribution in [-0.4, -0.2) is 22.6 Å². The van der Waals surface area contributed by atoms with Crippen molar-refractivity contribution in [1.29, 1.82) is 0 Å². The van der Waals surface area contributed by atoms with Crippen molar-refractivity contribution in [2.24, 2.45) is 0 Å². The van der Waals surface area contributed by atoms with Crippen molar-refractivity contribution in [3.63, 3.8) is 0 Å². The molecule has 0 aliphatic carbocycles.